The summed E-state index contributed by atoms with van der Waals surface area (Å²) >= 11 is 2.86. The summed E-state index contributed by atoms with van der Waals surface area (Å²) in [7, 11) is 0. The molecule has 0 bridgehead atoms. The van der Waals surface area contributed by atoms with Gasteiger partial charge < -0.3 is 20.1 Å². The first-order chi connectivity index (χ1) is 14.7. The number of anilines is 1. The molecule has 1 amide bonds. The summed E-state index contributed by atoms with van der Waals surface area (Å²) in [5.74, 6) is 2.39. The number of ether oxygens (including phenoxy) is 2. The Balaban J connectivity index is 1.29. The molecule has 0 unspecified atom stereocenters. The second-order valence-electron chi connectivity index (χ2n) is 7.32. The maximum atomic E-state index is 13.0. The number of thioether (sulfide) groups is 1. The molecule has 2 aliphatic heterocycles. The van der Waals surface area contributed by atoms with Gasteiger partial charge in [0.2, 0.25) is 5.91 Å². The van der Waals surface area contributed by atoms with Crippen LogP contribution in [0.2, 0.25) is 0 Å². The number of rotatable bonds is 4. The minimum Gasteiger partial charge on any atom is -0.490 e. The number of amides is 1. The van der Waals surface area contributed by atoms with Crippen LogP contribution < -0.4 is 15.2 Å². The number of benzene rings is 1. The number of hydrogen-bond donors (Lipinski definition) is 1. The van der Waals surface area contributed by atoms with Crippen LogP contribution in [-0.4, -0.2) is 46.3 Å². The van der Waals surface area contributed by atoms with Gasteiger partial charge in [0.25, 0.3) is 0 Å². The number of nitrogen functional groups attached to an aromatic ring is 1. The Morgan fingerprint density at radius 3 is 2.97 bits per heavy atom. The molecule has 5 rings (SSSR count). The molecule has 156 valence electrons. The average Bonchev–Trinajstić information content (AvgIpc) is 3.37. The van der Waals surface area contributed by atoms with E-state index in [0.29, 0.717) is 24.2 Å². The van der Waals surface area contributed by atoms with E-state index in [4.69, 9.17) is 15.2 Å². The van der Waals surface area contributed by atoms with Gasteiger partial charge in [-0.3, -0.25) is 4.79 Å². The average molecular weight is 443 g/mol. The summed E-state index contributed by atoms with van der Waals surface area (Å²) in [6, 6.07) is 8.00. The van der Waals surface area contributed by atoms with Gasteiger partial charge >= 0.3 is 0 Å². The van der Waals surface area contributed by atoms with Crippen molar-refractivity contribution < 1.29 is 14.3 Å². The molecule has 0 aliphatic carbocycles. The fraction of sp³-hybridized carbons (Fsp3) is 0.381. The highest BCUT2D eigenvalue weighted by atomic mass is 32.2. The lowest BCUT2D eigenvalue weighted by atomic mass is 10.0. The Bertz CT molecular complexity index is 1090. The second kappa shape index (κ2) is 8.31. The van der Waals surface area contributed by atoms with Crippen LogP contribution in [0.25, 0.3) is 10.2 Å². The zero-order valence-electron chi connectivity index (χ0n) is 16.4. The summed E-state index contributed by atoms with van der Waals surface area (Å²) in [6.45, 7) is 2.07. The number of thiophene rings is 1. The van der Waals surface area contributed by atoms with Crippen molar-refractivity contribution in [2.24, 2.45) is 0 Å². The van der Waals surface area contributed by atoms with E-state index >= 15 is 0 Å². The number of nitrogens with zero attached hydrogens (tertiary/aromatic N) is 3. The Morgan fingerprint density at radius 1 is 1.20 bits per heavy atom. The summed E-state index contributed by atoms with van der Waals surface area (Å²) in [6.07, 6.45) is 2.81. The van der Waals surface area contributed by atoms with E-state index in [1.54, 1.807) is 0 Å². The molecule has 4 heterocycles. The number of nitrogens with two attached hydrogens (primary N) is 1. The standard InChI is InChI=1S/C21H22N4O3S2/c22-19-14-6-10-29-20(14)24-21(23-19)30-12-18(26)25-7-1-3-15(25)13-4-5-16-17(11-13)28-9-2-8-27-16/h4-6,10-11,15H,1-3,7-9,12H2,(H2,22,23,24)/t15-/m0/s1. The van der Waals surface area contributed by atoms with Gasteiger partial charge in [-0.15, -0.1) is 11.3 Å². The van der Waals surface area contributed by atoms with Crippen LogP contribution in [0.3, 0.4) is 0 Å². The molecule has 1 fully saturated rings. The van der Waals surface area contributed by atoms with Crippen molar-refractivity contribution in [1.82, 2.24) is 14.9 Å². The maximum absolute atomic E-state index is 13.0. The SMILES string of the molecule is Nc1nc(SCC(=O)N2CCC[C@H]2c2ccc3c(c2)OCCCO3)nc2sccc12. The van der Waals surface area contributed by atoms with Crippen LogP contribution in [0, 0.1) is 0 Å². The highest BCUT2D eigenvalue weighted by molar-refractivity contribution is 7.99. The van der Waals surface area contributed by atoms with Gasteiger partial charge in [0.1, 0.15) is 10.6 Å². The molecule has 0 spiro atoms. The number of fused-ring (bicyclic) bond motifs is 2. The number of hydrogen-bond acceptors (Lipinski definition) is 8. The fourth-order valence-corrected chi connectivity index (χ4v) is 5.50. The largest absolute Gasteiger partial charge is 0.490 e. The van der Waals surface area contributed by atoms with E-state index in [1.165, 1.54) is 23.1 Å². The predicted molar refractivity (Wildman–Crippen MR) is 118 cm³/mol. The molecule has 1 aromatic carbocycles. The van der Waals surface area contributed by atoms with Gasteiger partial charge in [0.05, 0.1) is 30.4 Å². The second-order valence-corrected chi connectivity index (χ2v) is 9.16. The molecule has 30 heavy (non-hydrogen) atoms. The molecule has 9 heteroatoms. The van der Waals surface area contributed by atoms with Gasteiger partial charge in [0.15, 0.2) is 16.7 Å². The Kier molecular flexibility index (Phi) is 5.39. The maximum Gasteiger partial charge on any atom is 0.233 e. The van der Waals surface area contributed by atoms with Gasteiger partial charge in [0, 0.05) is 13.0 Å². The van der Waals surface area contributed by atoms with Gasteiger partial charge in [-0.25, -0.2) is 9.97 Å². The third-order valence-electron chi connectivity index (χ3n) is 5.39. The van der Waals surface area contributed by atoms with Gasteiger partial charge in [-0.05, 0) is 42.0 Å². The van der Waals surface area contributed by atoms with Crippen LogP contribution >= 0.6 is 23.1 Å². The molecule has 2 N–H and O–H groups in total. The lowest BCUT2D eigenvalue weighted by molar-refractivity contribution is -0.129. The fourth-order valence-electron chi connectivity index (χ4n) is 3.93. The summed E-state index contributed by atoms with van der Waals surface area (Å²) in [4.78, 5) is 24.7. The van der Waals surface area contributed by atoms with Gasteiger partial charge in [-0.2, -0.15) is 0 Å². The Labute approximate surface area is 182 Å². The monoisotopic (exact) mass is 442 g/mol. The Morgan fingerprint density at radius 2 is 2.07 bits per heavy atom. The molecule has 1 saturated heterocycles. The van der Waals surface area contributed by atoms with Crippen molar-refractivity contribution in [1.29, 1.82) is 0 Å². The van der Waals surface area contributed by atoms with Crippen molar-refractivity contribution in [2.75, 3.05) is 31.2 Å². The van der Waals surface area contributed by atoms with Crippen molar-refractivity contribution in [3.05, 3.63) is 35.2 Å². The van der Waals surface area contributed by atoms with E-state index in [9.17, 15) is 4.79 Å². The number of likely N-dealkylation sites (tertiary alicyclic amines) is 1. The van der Waals surface area contributed by atoms with E-state index < -0.39 is 0 Å². The molecule has 7 nitrogen and oxygen atoms in total. The van der Waals surface area contributed by atoms with Crippen LogP contribution in [0.15, 0.2) is 34.8 Å². The van der Waals surface area contributed by atoms with Crippen LogP contribution in [-0.2, 0) is 4.79 Å². The first-order valence-electron chi connectivity index (χ1n) is 10.0. The smallest absolute Gasteiger partial charge is 0.233 e. The summed E-state index contributed by atoms with van der Waals surface area (Å²) in [5.41, 5.74) is 7.11. The Hall–Kier alpha value is -2.52. The van der Waals surface area contributed by atoms with Crippen LogP contribution in [0.1, 0.15) is 30.9 Å². The minimum absolute atomic E-state index is 0.0565. The zero-order valence-corrected chi connectivity index (χ0v) is 18.0. The van der Waals surface area contributed by atoms with Crippen molar-refractivity contribution in [2.45, 2.75) is 30.5 Å². The minimum atomic E-state index is 0.0565. The molecule has 3 aromatic rings. The van der Waals surface area contributed by atoms with E-state index in [0.717, 1.165) is 53.1 Å². The highest BCUT2D eigenvalue weighted by Crippen LogP contribution is 2.38. The van der Waals surface area contributed by atoms with Crippen LogP contribution in [0.5, 0.6) is 11.5 Å². The van der Waals surface area contributed by atoms with Crippen molar-refractivity contribution in [3.63, 3.8) is 0 Å². The molecule has 2 aliphatic rings. The van der Waals surface area contributed by atoms with Crippen molar-refractivity contribution in [3.8, 4) is 11.5 Å². The topological polar surface area (TPSA) is 90.6 Å². The molecular formula is C21H22N4O3S2. The highest BCUT2D eigenvalue weighted by Gasteiger charge is 2.31. The molecule has 2 aromatic heterocycles. The third-order valence-corrected chi connectivity index (χ3v) is 7.03. The number of aromatic nitrogens is 2. The molecule has 0 saturated carbocycles. The number of carbonyl (C=O) groups excluding carboxylic acids is 1. The molecular weight excluding hydrogens is 420 g/mol. The lowest BCUT2D eigenvalue weighted by Gasteiger charge is -2.25. The summed E-state index contributed by atoms with van der Waals surface area (Å²) < 4.78 is 11.6. The molecule has 0 radical (unpaired) electrons. The summed E-state index contributed by atoms with van der Waals surface area (Å²) in [5, 5.41) is 3.35. The van der Waals surface area contributed by atoms with Crippen molar-refractivity contribution >= 4 is 45.0 Å². The predicted octanol–water partition coefficient (Wildman–Crippen LogP) is 3.89. The van der Waals surface area contributed by atoms with E-state index in [1.807, 2.05) is 34.5 Å². The van der Waals surface area contributed by atoms with E-state index in [-0.39, 0.29) is 17.7 Å². The first-order valence-corrected chi connectivity index (χ1v) is 11.9. The number of carbonyl (C=O) groups is 1. The third kappa shape index (κ3) is 3.79. The first kappa shape index (κ1) is 19.4. The van der Waals surface area contributed by atoms with Crippen LogP contribution in [0.4, 0.5) is 5.82 Å². The quantitative estimate of drug-likeness (QED) is 0.484. The molecule has 1 atom stereocenters. The van der Waals surface area contributed by atoms with E-state index in [2.05, 4.69) is 9.97 Å². The van der Waals surface area contributed by atoms with Gasteiger partial charge in [-0.1, -0.05) is 17.8 Å². The zero-order chi connectivity index (χ0) is 20.5. The lowest BCUT2D eigenvalue weighted by Crippen LogP contribution is -2.32. The normalized spacial score (nSPS) is 18.5.